The summed E-state index contributed by atoms with van der Waals surface area (Å²) in [7, 11) is 1.61. The summed E-state index contributed by atoms with van der Waals surface area (Å²) in [6.07, 6.45) is 2.36. The molecule has 0 radical (unpaired) electrons. The fourth-order valence-electron chi connectivity index (χ4n) is 3.30. The minimum Gasteiger partial charge on any atom is -0.422 e. The van der Waals surface area contributed by atoms with Crippen molar-refractivity contribution in [2.75, 3.05) is 13.7 Å². The van der Waals surface area contributed by atoms with E-state index in [0.717, 1.165) is 30.5 Å². The number of nitrogens with zero attached hydrogens (tertiary/aromatic N) is 3. The Morgan fingerprint density at radius 1 is 1.07 bits per heavy atom. The third kappa shape index (κ3) is 6.00. The van der Waals surface area contributed by atoms with Gasteiger partial charge in [0.15, 0.2) is 6.10 Å². The van der Waals surface area contributed by atoms with E-state index >= 15 is 0 Å². The van der Waals surface area contributed by atoms with Crippen molar-refractivity contribution in [2.45, 2.75) is 45.3 Å². The second kappa shape index (κ2) is 11.3. The van der Waals surface area contributed by atoms with E-state index in [-0.39, 0.29) is 5.91 Å². The highest BCUT2D eigenvalue weighted by Crippen LogP contribution is 2.24. The Morgan fingerprint density at radius 2 is 1.77 bits per heavy atom. The Bertz CT molecular complexity index is 896. The van der Waals surface area contributed by atoms with E-state index in [4.69, 9.17) is 9.15 Å². The van der Waals surface area contributed by atoms with Gasteiger partial charge in [-0.3, -0.25) is 4.79 Å². The van der Waals surface area contributed by atoms with Gasteiger partial charge in [0.25, 0.3) is 0 Å². The van der Waals surface area contributed by atoms with Gasteiger partial charge in [0.2, 0.25) is 17.7 Å². The molecule has 3 aromatic rings. The van der Waals surface area contributed by atoms with Gasteiger partial charge < -0.3 is 14.1 Å². The van der Waals surface area contributed by atoms with E-state index in [1.54, 1.807) is 7.11 Å². The van der Waals surface area contributed by atoms with Gasteiger partial charge >= 0.3 is 0 Å². The van der Waals surface area contributed by atoms with Crippen LogP contribution in [0.1, 0.15) is 55.2 Å². The van der Waals surface area contributed by atoms with Crippen LogP contribution in [0, 0.1) is 0 Å². The lowest BCUT2D eigenvalue weighted by molar-refractivity contribution is -0.132. The van der Waals surface area contributed by atoms with Crippen LogP contribution in [0.4, 0.5) is 0 Å². The first-order valence-corrected chi connectivity index (χ1v) is 10.4. The molecule has 6 heteroatoms. The van der Waals surface area contributed by atoms with Crippen LogP contribution in [-0.2, 0) is 22.5 Å². The molecule has 0 aliphatic carbocycles. The quantitative estimate of drug-likeness (QED) is 0.466. The number of amides is 1. The molecule has 0 spiro atoms. The lowest BCUT2D eigenvalue weighted by Gasteiger charge is -2.22. The Morgan fingerprint density at radius 3 is 2.43 bits per heavy atom. The monoisotopic (exact) mass is 407 g/mol. The van der Waals surface area contributed by atoms with Crippen molar-refractivity contribution in [3.05, 3.63) is 83.6 Å². The van der Waals surface area contributed by atoms with Crippen molar-refractivity contribution in [2.24, 2.45) is 0 Å². The van der Waals surface area contributed by atoms with E-state index < -0.39 is 6.10 Å². The predicted octanol–water partition coefficient (Wildman–Crippen LogP) is 4.57. The van der Waals surface area contributed by atoms with Crippen molar-refractivity contribution in [1.82, 2.24) is 15.1 Å². The standard InChI is InChI=1S/C24H29N3O3/c1-3-4-17-27(18-19-11-7-5-8-12-19)22(28)16-15-21-25-26-24(30-21)23(29-2)20-13-9-6-10-14-20/h5-14,23H,3-4,15-18H2,1-2H3/t23-/m1/s1. The first-order chi connectivity index (χ1) is 14.7. The van der Waals surface area contributed by atoms with E-state index in [0.29, 0.717) is 31.2 Å². The summed E-state index contributed by atoms with van der Waals surface area (Å²) < 4.78 is 11.3. The van der Waals surface area contributed by atoms with Crippen molar-refractivity contribution >= 4 is 5.91 Å². The van der Waals surface area contributed by atoms with Crippen LogP contribution in [0.2, 0.25) is 0 Å². The summed E-state index contributed by atoms with van der Waals surface area (Å²) in [6.45, 7) is 3.50. The molecule has 2 aromatic carbocycles. The summed E-state index contributed by atoms with van der Waals surface area (Å²) in [5.41, 5.74) is 2.08. The first-order valence-electron chi connectivity index (χ1n) is 10.4. The van der Waals surface area contributed by atoms with Crippen molar-refractivity contribution < 1.29 is 13.9 Å². The minimum atomic E-state index is -0.415. The Balaban J connectivity index is 1.61. The Kier molecular flexibility index (Phi) is 8.15. The molecule has 0 N–H and O–H groups in total. The highest BCUT2D eigenvalue weighted by Gasteiger charge is 2.21. The normalized spacial score (nSPS) is 11.9. The first kappa shape index (κ1) is 21.7. The smallest absolute Gasteiger partial charge is 0.249 e. The zero-order valence-corrected chi connectivity index (χ0v) is 17.7. The zero-order valence-electron chi connectivity index (χ0n) is 17.7. The molecule has 0 saturated heterocycles. The number of hydrogen-bond acceptors (Lipinski definition) is 5. The van der Waals surface area contributed by atoms with E-state index in [1.165, 1.54) is 0 Å². The molecule has 6 nitrogen and oxygen atoms in total. The van der Waals surface area contributed by atoms with Crippen LogP contribution in [0.15, 0.2) is 65.1 Å². The highest BCUT2D eigenvalue weighted by molar-refractivity contribution is 5.76. The average molecular weight is 408 g/mol. The fourth-order valence-corrected chi connectivity index (χ4v) is 3.30. The van der Waals surface area contributed by atoms with Crippen LogP contribution in [0.5, 0.6) is 0 Å². The molecule has 1 atom stereocenters. The third-order valence-electron chi connectivity index (χ3n) is 4.95. The van der Waals surface area contributed by atoms with Gasteiger partial charge in [-0.15, -0.1) is 10.2 Å². The van der Waals surface area contributed by atoms with E-state index in [1.807, 2.05) is 65.6 Å². The number of unbranched alkanes of at least 4 members (excludes halogenated alkanes) is 1. The summed E-state index contributed by atoms with van der Waals surface area (Å²) in [6, 6.07) is 19.8. The van der Waals surface area contributed by atoms with Gasteiger partial charge in [0.1, 0.15) is 0 Å². The van der Waals surface area contributed by atoms with Crippen LogP contribution in [-0.4, -0.2) is 34.7 Å². The second-order valence-electron chi connectivity index (χ2n) is 7.21. The summed E-state index contributed by atoms with van der Waals surface area (Å²) in [4.78, 5) is 14.8. The van der Waals surface area contributed by atoms with Gasteiger partial charge in [-0.25, -0.2) is 0 Å². The maximum absolute atomic E-state index is 12.9. The largest absolute Gasteiger partial charge is 0.422 e. The number of rotatable bonds is 11. The lowest BCUT2D eigenvalue weighted by atomic mass is 10.1. The molecular weight excluding hydrogens is 378 g/mol. The van der Waals surface area contributed by atoms with Crippen molar-refractivity contribution in [1.29, 1.82) is 0 Å². The molecule has 1 heterocycles. The number of hydrogen-bond donors (Lipinski definition) is 0. The molecule has 158 valence electrons. The van der Waals surface area contributed by atoms with E-state index in [9.17, 15) is 4.79 Å². The van der Waals surface area contributed by atoms with Gasteiger partial charge in [0.05, 0.1) is 0 Å². The number of carbonyl (C=O) groups excluding carboxylic acids is 1. The van der Waals surface area contributed by atoms with Crippen LogP contribution < -0.4 is 0 Å². The number of methoxy groups -OCH3 is 1. The van der Waals surface area contributed by atoms with Crippen molar-refractivity contribution in [3.63, 3.8) is 0 Å². The molecular formula is C24H29N3O3. The molecule has 0 fully saturated rings. The van der Waals surface area contributed by atoms with Crippen LogP contribution >= 0.6 is 0 Å². The van der Waals surface area contributed by atoms with Gasteiger partial charge in [-0.1, -0.05) is 74.0 Å². The van der Waals surface area contributed by atoms with Gasteiger partial charge in [0, 0.05) is 33.0 Å². The molecule has 0 aliphatic rings. The maximum Gasteiger partial charge on any atom is 0.249 e. The molecule has 0 aliphatic heterocycles. The minimum absolute atomic E-state index is 0.0957. The topological polar surface area (TPSA) is 68.5 Å². The van der Waals surface area contributed by atoms with Gasteiger partial charge in [-0.2, -0.15) is 0 Å². The second-order valence-corrected chi connectivity index (χ2v) is 7.21. The Hall–Kier alpha value is -2.99. The molecule has 3 rings (SSSR count). The SMILES string of the molecule is CCCCN(Cc1ccccc1)C(=O)CCc1nnc([C@H](OC)c2ccccc2)o1. The summed E-state index contributed by atoms with van der Waals surface area (Å²) >= 11 is 0. The summed E-state index contributed by atoms with van der Waals surface area (Å²) in [5, 5.41) is 8.26. The number of ether oxygens (including phenoxy) is 1. The Labute approximate surface area is 177 Å². The fraction of sp³-hybridized carbons (Fsp3) is 0.375. The molecule has 30 heavy (non-hydrogen) atoms. The third-order valence-corrected chi connectivity index (χ3v) is 4.95. The van der Waals surface area contributed by atoms with Crippen molar-refractivity contribution in [3.8, 4) is 0 Å². The molecule has 0 unspecified atom stereocenters. The van der Waals surface area contributed by atoms with Crippen LogP contribution in [0.25, 0.3) is 0 Å². The lowest BCUT2D eigenvalue weighted by Crippen LogP contribution is -2.31. The molecule has 0 saturated carbocycles. The zero-order chi connectivity index (χ0) is 21.2. The summed E-state index contributed by atoms with van der Waals surface area (Å²) in [5.74, 6) is 0.947. The maximum atomic E-state index is 12.9. The number of aromatic nitrogens is 2. The molecule has 1 aromatic heterocycles. The van der Waals surface area contributed by atoms with Gasteiger partial charge in [-0.05, 0) is 17.5 Å². The number of benzene rings is 2. The number of carbonyl (C=O) groups is 1. The molecule has 0 bridgehead atoms. The molecule has 1 amide bonds. The number of aryl methyl sites for hydroxylation is 1. The predicted molar refractivity (Wildman–Crippen MR) is 115 cm³/mol. The average Bonchev–Trinajstić information content (AvgIpc) is 3.25. The van der Waals surface area contributed by atoms with E-state index in [2.05, 4.69) is 17.1 Å². The highest BCUT2D eigenvalue weighted by atomic mass is 16.5. The van der Waals surface area contributed by atoms with Crippen LogP contribution in [0.3, 0.4) is 0 Å².